The summed E-state index contributed by atoms with van der Waals surface area (Å²) >= 11 is 0. The maximum absolute atomic E-state index is 9.25. The second-order valence-electron chi connectivity index (χ2n) is 8.00. The van der Waals surface area contributed by atoms with Crippen LogP contribution < -0.4 is 0 Å². The monoisotopic (exact) mass is 318 g/mol. The highest BCUT2D eigenvalue weighted by Gasteiger charge is 2.65. The fourth-order valence-electron chi connectivity index (χ4n) is 5.01. The third-order valence-electron chi connectivity index (χ3n) is 6.33. The van der Waals surface area contributed by atoms with E-state index in [1.165, 1.54) is 5.57 Å². The van der Waals surface area contributed by atoms with Gasteiger partial charge in [-0.3, -0.25) is 0 Å². The molecular formula is C20H30O3. The molecule has 3 aliphatic rings. The van der Waals surface area contributed by atoms with Crippen LogP contribution in [0.15, 0.2) is 11.6 Å². The van der Waals surface area contributed by atoms with Gasteiger partial charge in [-0.1, -0.05) is 25.5 Å². The largest absolute Gasteiger partial charge is 0.396 e. The first-order valence-corrected chi connectivity index (χ1v) is 8.98. The number of hydrogen-bond donors (Lipinski definition) is 1. The fraction of sp³-hybridized carbons (Fsp3) is 0.800. The summed E-state index contributed by atoms with van der Waals surface area (Å²) < 4.78 is 12.5. The third-order valence-corrected chi connectivity index (χ3v) is 6.33. The molecule has 1 aliphatic carbocycles. The molecule has 0 aromatic rings. The second-order valence-corrected chi connectivity index (χ2v) is 8.00. The van der Waals surface area contributed by atoms with Crippen molar-refractivity contribution in [3.05, 3.63) is 11.6 Å². The summed E-state index contributed by atoms with van der Waals surface area (Å²) in [4.78, 5) is 0. The van der Waals surface area contributed by atoms with Crippen LogP contribution in [0.4, 0.5) is 0 Å². The van der Waals surface area contributed by atoms with Gasteiger partial charge < -0.3 is 14.6 Å². The van der Waals surface area contributed by atoms with E-state index in [-0.39, 0.29) is 30.5 Å². The fourth-order valence-corrected chi connectivity index (χ4v) is 5.01. The zero-order valence-electron chi connectivity index (χ0n) is 14.8. The summed E-state index contributed by atoms with van der Waals surface area (Å²) in [6.45, 7) is 9.16. The summed E-state index contributed by atoms with van der Waals surface area (Å²) in [5.74, 6) is 4.89. The van der Waals surface area contributed by atoms with Crippen LogP contribution in [0.5, 0.6) is 0 Å². The van der Waals surface area contributed by atoms with Crippen molar-refractivity contribution in [1.29, 1.82) is 0 Å². The lowest BCUT2D eigenvalue weighted by Crippen LogP contribution is -2.42. The number of allylic oxidation sites excluding steroid dienone is 1. The van der Waals surface area contributed by atoms with Crippen molar-refractivity contribution in [2.45, 2.75) is 70.9 Å². The molecule has 0 spiro atoms. The zero-order chi connectivity index (χ0) is 16.8. The maximum Gasteiger partial charge on any atom is 0.118 e. The lowest BCUT2D eigenvalue weighted by molar-refractivity contribution is -0.0209. The molecule has 3 heteroatoms. The first-order chi connectivity index (χ1) is 10.9. The van der Waals surface area contributed by atoms with E-state index in [1.807, 2.05) is 0 Å². The topological polar surface area (TPSA) is 42.0 Å². The normalized spacial score (nSPS) is 45.5. The maximum atomic E-state index is 9.25. The molecular weight excluding hydrogens is 288 g/mol. The molecule has 3 rings (SSSR count). The van der Waals surface area contributed by atoms with Crippen molar-refractivity contribution in [2.24, 2.45) is 23.7 Å². The van der Waals surface area contributed by atoms with E-state index >= 15 is 0 Å². The molecule has 2 saturated heterocycles. The molecule has 0 bridgehead atoms. The SMILES string of the molecule is C#CC[C@H]1O[C@@H]([C@]2(C)O[C@@H]2CCO)[C@H]2[C@@H]1C(C)=CC[C@@H]2C(C)C. The van der Waals surface area contributed by atoms with Gasteiger partial charge in [-0.15, -0.1) is 12.3 Å². The van der Waals surface area contributed by atoms with Crippen molar-refractivity contribution in [3.8, 4) is 12.3 Å². The number of hydrogen-bond acceptors (Lipinski definition) is 3. The van der Waals surface area contributed by atoms with Crippen LogP contribution in [0, 0.1) is 36.0 Å². The Hall–Kier alpha value is -0.820. The van der Waals surface area contributed by atoms with E-state index in [9.17, 15) is 5.11 Å². The van der Waals surface area contributed by atoms with Crippen molar-refractivity contribution in [3.63, 3.8) is 0 Å². The van der Waals surface area contributed by atoms with Crippen LogP contribution in [0.25, 0.3) is 0 Å². The number of aliphatic hydroxyl groups is 1. The van der Waals surface area contributed by atoms with Gasteiger partial charge in [-0.25, -0.2) is 0 Å². The van der Waals surface area contributed by atoms with Gasteiger partial charge in [0.1, 0.15) is 5.60 Å². The van der Waals surface area contributed by atoms with Crippen LogP contribution in [0.1, 0.15) is 47.0 Å². The van der Waals surface area contributed by atoms with Crippen molar-refractivity contribution < 1.29 is 14.6 Å². The third kappa shape index (κ3) is 2.76. The Balaban J connectivity index is 1.91. The summed E-state index contributed by atoms with van der Waals surface area (Å²) in [5, 5.41) is 9.25. The Kier molecular flexibility index (Phi) is 4.62. The number of epoxide rings is 1. The summed E-state index contributed by atoms with van der Waals surface area (Å²) in [7, 11) is 0. The lowest BCUT2D eigenvalue weighted by Gasteiger charge is -2.39. The number of aliphatic hydroxyl groups excluding tert-OH is 1. The number of terminal acetylenes is 1. The van der Waals surface area contributed by atoms with Crippen LogP contribution >= 0.6 is 0 Å². The van der Waals surface area contributed by atoms with Crippen molar-refractivity contribution in [2.75, 3.05) is 6.61 Å². The van der Waals surface area contributed by atoms with Gasteiger partial charge in [0.2, 0.25) is 0 Å². The van der Waals surface area contributed by atoms with E-state index in [0.29, 0.717) is 36.5 Å². The Labute approximate surface area is 140 Å². The van der Waals surface area contributed by atoms with Gasteiger partial charge in [0.15, 0.2) is 0 Å². The van der Waals surface area contributed by atoms with Gasteiger partial charge in [0.05, 0.1) is 18.3 Å². The molecule has 0 aromatic carbocycles. The Morgan fingerprint density at radius 1 is 1.48 bits per heavy atom. The van der Waals surface area contributed by atoms with Gasteiger partial charge in [0, 0.05) is 24.9 Å². The predicted molar refractivity (Wildman–Crippen MR) is 90.8 cm³/mol. The van der Waals surface area contributed by atoms with E-state index in [1.54, 1.807) is 0 Å². The van der Waals surface area contributed by atoms with E-state index in [2.05, 4.69) is 39.7 Å². The van der Waals surface area contributed by atoms with E-state index in [0.717, 1.165) is 6.42 Å². The zero-order valence-corrected chi connectivity index (χ0v) is 14.8. The lowest BCUT2D eigenvalue weighted by atomic mass is 9.64. The average Bonchev–Trinajstić information content (AvgIpc) is 2.98. The summed E-state index contributed by atoms with van der Waals surface area (Å²) in [6, 6.07) is 0. The van der Waals surface area contributed by atoms with Gasteiger partial charge >= 0.3 is 0 Å². The van der Waals surface area contributed by atoms with Gasteiger partial charge in [-0.2, -0.15) is 0 Å². The first-order valence-electron chi connectivity index (χ1n) is 8.98. The predicted octanol–water partition coefficient (Wildman–Crippen LogP) is 3.17. The van der Waals surface area contributed by atoms with E-state index < -0.39 is 0 Å². The van der Waals surface area contributed by atoms with Crippen LogP contribution in [-0.4, -0.2) is 35.6 Å². The quantitative estimate of drug-likeness (QED) is 0.481. The summed E-state index contributed by atoms with van der Waals surface area (Å²) in [6.07, 6.45) is 10.8. The average molecular weight is 318 g/mol. The number of fused-ring (bicyclic) bond motifs is 1. The molecule has 7 atom stereocenters. The molecule has 0 unspecified atom stereocenters. The molecule has 23 heavy (non-hydrogen) atoms. The highest BCUT2D eigenvalue weighted by Crippen LogP contribution is 2.57. The first kappa shape index (κ1) is 17.0. The molecule has 0 saturated carbocycles. The molecule has 2 aliphatic heterocycles. The molecule has 0 aromatic heterocycles. The van der Waals surface area contributed by atoms with Gasteiger partial charge in [0.25, 0.3) is 0 Å². The summed E-state index contributed by atoms with van der Waals surface area (Å²) in [5.41, 5.74) is 1.16. The molecule has 0 amide bonds. The Bertz CT molecular complexity index is 517. The minimum atomic E-state index is -0.264. The smallest absolute Gasteiger partial charge is 0.118 e. The number of rotatable bonds is 5. The van der Waals surface area contributed by atoms with Crippen LogP contribution in [0.2, 0.25) is 0 Å². The number of ether oxygens (including phenoxy) is 2. The highest BCUT2D eigenvalue weighted by atomic mass is 16.6. The van der Waals surface area contributed by atoms with E-state index in [4.69, 9.17) is 15.9 Å². The standard InChI is InChI=1S/C20H30O3/c1-6-7-15-17-13(4)8-9-14(12(2)3)18(17)19(22-15)20(5)16(23-20)10-11-21/h1,8,12,14-19,21H,7,9-11H2,2-5H3/t14-,15-,16-,17-,18-,19-,20-/m1/s1. The molecule has 128 valence electrons. The Morgan fingerprint density at radius 2 is 2.22 bits per heavy atom. The minimum Gasteiger partial charge on any atom is -0.396 e. The van der Waals surface area contributed by atoms with Crippen molar-refractivity contribution in [1.82, 2.24) is 0 Å². The van der Waals surface area contributed by atoms with Gasteiger partial charge in [-0.05, 0) is 38.5 Å². The molecule has 2 heterocycles. The van der Waals surface area contributed by atoms with Crippen LogP contribution in [-0.2, 0) is 9.47 Å². The molecule has 1 N–H and O–H groups in total. The molecule has 3 nitrogen and oxygen atoms in total. The van der Waals surface area contributed by atoms with Crippen molar-refractivity contribution >= 4 is 0 Å². The minimum absolute atomic E-state index is 0.0819. The second kappa shape index (κ2) is 6.24. The highest BCUT2D eigenvalue weighted by molar-refractivity contribution is 5.23. The van der Waals surface area contributed by atoms with Crippen LogP contribution in [0.3, 0.4) is 0 Å². The molecule has 2 fully saturated rings. The molecule has 0 radical (unpaired) electrons. The Morgan fingerprint density at radius 3 is 2.83 bits per heavy atom.